The molecule has 0 fully saturated rings. The first kappa shape index (κ1) is 13.2. The van der Waals surface area contributed by atoms with E-state index in [-0.39, 0.29) is 5.56 Å². The standard InChI is InChI=1S/C11H9BrF4/c1-7(6-12)2-8-3-9(11(14,15)16)5-10(13)4-8/h2-5H,6H2,1H3/b7-2-. The van der Waals surface area contributed by atoms with Crippen LogP contribution in [-0.2, 0) is 6.18 Å². The third-order valence-electron chi connectivity index (χ3n) is 1.87. The molecule has 16 heavy (non-hydrogen) atoms. The summed E-state index contributed by atoms with van der Waals surface area (Å²) in [5, 5.41) is 0.533. The van der Waals surface area contributed by atoms with E-state index in [1.807, 2.05) is 0 Å². The fourth-order valence-electron chi connectivity index (χ4n) is 1.18. The Kier molecular flexibility index (Phi) is 4.13. The van der Waals surface area contributed by atoms with Crippen LogP contribution in [0.5, 0.6) is 0 Å². The quantitative estimate of drug-likeness (QED) is 0.551. The maximum absolute atomic E-state index is 13.0. The van der Waals surface area contributed by atoms with Crippen molar-refractivity contribution in [3.05, 3.63) is 40.7 Å². The first-order chi connectivity index (χ1) is 7.32. The fraction of sp³-hybridized carbons (Fsp3) is 0.273. The lowest BCUT2D eigenvalue weighted by atomic mass is 10.1. The van der Waals surface area contributed by atoms with Crippen molar-refractivity contribution in [1.29, 1.82) is 0 Å². The SMILES string of the molecule is C/C(=C/c1cc(F)cc(C(F)(F)F)c1)CBr. The lowest BCUT2D eigenvalue weighted by molar-refractivity contribution is -0.137. The van der Waals surface area contributed by atoms with Gasteiger partial charge in [-0.1, -0.05) is 27.6 Å². The summed E-state index contributed by atoms with van der Waals surface area (Å²) in [6.07, 6.45) is -3.01. The van der Waals surface area contributed by atoms with Crippen molar-refractivity contribution in [2.24, 2.45) is 0 Å². The normalized spacial score (nSPS) is 13.0. The van der Waals surface area contributed by atoms with Crippen LogP contribution in [0.15, 0.2) is 23.8 Å². The van der Waals surface area contributed by atoms with Gasteiger partial charge in [0, 0.05) is 5.33 Å². The van der Waals surface area contributed by atoms with Gasteiger partial charge in [0.15, 0.2) is 0 Å². The topological polar surface area (TPSA) is 0 Å². The highest BCUT2D eigenvalue weighted by molar-refractivity contribution is 9.09. The van der Waals surface area contributed by atoms with Crippen molar-refractivity contribution >= 4 is 22.0 Å². The Morgan fingerprint density at radius 2 is 1.94 bits per heavy atom. The number of alkyl halides is 4. The number of benzene rings is 1. The summed E-state index contributed by atoms with van der Waals surface area (Å²) in [5.41, 5.74) is 0.0594. The molecular formula is C11H9BrF4. The summed E-state index contributed by atoms with van der Waals surface area (Å²) < 4.78 is 50.1. The molecule has 1 aromatic carbocycles. The summed E-state index contributed by atoms with van der Waals surface area (Å²) in [5.74, 6) is -0.886. The number of allylic oxidation sites excluding steroid dienone is 1. The van der Waals surface area contributed by atoms with Gasteiger partial charge in [-0.25, -0.2) is 4.39 Å². The molecule has 5 heteroatoms. The molecule has 1 rings (SSSR count). The van der Waals surface area contributed by atoms with E-state index in [9.17, 15) is 17.6 Å². The average molecular weight is 297 g/mol. The van der Waals surface area contributed by atoms with Gasteiger partial charge in [-0.15, -0.1) is 0 Å². The van der Waals surface area contributed by atoms with Crippen molar-refractivity contribution in [2.75, 3.05) is 5.33 Å². The van der Waals surface area contributed by atoms with Gasteiger partial charge in [0.25, 0.3) is 0 Å². The van der Waals surface area contributed by atoms with Crippen LogP contribution in [0.25, 0.3) is 6.08 Å². The van der Waals surface area contributed by atoms with E-state index in [2.05, 4.69) is 15.9 Å². The Bertz CT molecular complexity index is 407. The highest BCUT2D eigenvalue weighted by atomic mass is 79.9. The summed E-state index contributed by atoms with van der Waals surface area (Å²) in [4.78, 5) is 0. The van der Waals surface area contributed by atoms with Crippen LogP contribution in [0.1, 0.15) is 18.1 Å². The highest BCUT2D eigenvalue weighted by Gasteiger charge is 2.31. The van der Waals surface area contributed by atoms with Crippen LogP contribution in [0.3, 0.4) is 0 Å². The Hall–Kier alpha value is -0.840. The lowest BCUT2D eigenvalue weighted by Gasteiger charge is -2.08. The molecule has 0 aromatic heterocycles. The zero-order chi connectivity index (χ0) is 12.3. The fourth-order valence-corrected chi connectivity index (χ4v) is 1.34. The predicted molar refractivity (Wildman–Crippen MR) is 58.8 cm³/mol. The molecule has 0 saturated carbocycles. The van der Waals surface area contributed by atoms with E-state index in [0.717, 1.165) is 17.7 Å². The minimum atomic E-state index is -4.52. The number of halogens is 5. The second kappa shape index (κ2) is 4.99. The average Bonchev–Trinajstić information content (AvgIpc) is 2.15. The second-order valence-electron chi connectivity index (χ2n) is 3.40. The monoisotopic (exact) mass is 296 g/mol. The van der Waals surface area contributed by atoms with Crippen LogP contribution >= 0.6 is 15.9 Å². The van der Waals surface area contributed by atoms with Crippen molar-refractivity contribution in [1.82, 2.24) is 0 Å². The molecule has 0 aliphatic carbocycles. The zero-order valence-corrected chi connectivity index (χ0v) is 9.99. The third-order valence-corrected chi connectivity index (χ3v) is 2.76. The molecular weight excluding hydrogens is 288 g/mol. The number of rotatable bonds is 2. The Morgan fingerprint density at radius 1 is 1.31 bits per heavy atom. The predicted octanol–water partition coefficient (Wildman–Crippen LogP) is 4.64. The van der Waals surface area contributed by atoms with E-state index in [1.54, 1.807) is 6.92 Å². The van der Waals surface area contributed by atoms with Crippen LogP contribution in [0, 0.1) is 5.82 Å². The van der Waals surface area contributed by atoms with Crippen molar-refractivity contribution in [3.63, 3.8) is 0 Å². The third kappa shape index (κ3) is 3.63. The van der Waals surface area contributed by atoms with Crippen LogP contribution in [0.4, 0.5) is 17.6 Å². The van der Waals surface area contributed by atoms with Crippen LogP contribution in [0.2, 0.25) is 0 Å². The molecule has 0 aliphatic heterocycles. The maximum Gasteiger partial charge on any atom is 0.416 e. The summed E-state index contributed by atoms with van der Waals surface area (Å²) >= 11 is 3.16. The molecule has 0 spiro atoms. The molecule has 0 heterocycles. The molecule has 0 atom stereocenters. The molecule has 0 unspecified atom stereocenters. The molecule has 0 saturated heterocycles. The minimum absolute atomic E-state index is 0.212. The highest BCUT2D eigenvalue weighted by Crippen LogP contribution is 2.30. The van der Waals surface area contributed by atoms with E-state index in [1.165, 1.54) is 6.08 Å². The molecule has 0 aliphatic rings. The van der Waals surface area contributed by atoms with Crippen LogP contribution in [-0.4, -0.2) is 5.33 Å². The van der Waals surface area contributed by atoms with Gasteiger partial charge < -0.3 is 0 Å². The van der Waals surface area contributed by atoms with Crippen LogP contribution < -0.4 is 0 Å². The first-order valence-corrected chi connectivity index (χ1v) is 5.56. The smallest absolute Gasteiger partial charge is 0.207 e. The summed E-state index contributed by atoms with van der Waals surface area (Å²) in [7, 11) is 0. The summed E-state index contributed by atoms with van der Waals surface area (Å²) in [6.45, 7) is 1.74. The Morgan fingerprint density at radius 3 is 2.44 bits per heavy atom. The van der Waals surface area contributed by atoms with E-state index < -0.39 is 17.6 Å². The molecule has 88 valence electrons. The maximum atomic E-state index is 13.0. The number of hydrogen-bond donors (Lipinski definition) is 0. The van der Waals surface area contributed by atoms with Gasteiger partial charge in [0.2, 0.25) is 0 Å². The van der Waals surface area contributed by atoms with Crippen molar-refractivity contribution < 1.29 is 17.6 Å². The summed E-state index contributed by atoms with van der Waals surface area (Å²) in [6, 6.07) is 2.48. The molecule has 0 nitrogen and oxygen atoms in total. The minimum Gasteiger partial charge on any atom is -0.207 e. The van der Waals surface area contributed by atoms with E-state index >= 15 is 0 Å². The molecule has 1 aromatic rings. The first-order valence-electron chi connectivity index (χ1n) is 4.44. The molecule has 0 radical (unpaired) electrons. The van der Waals surface area contributed by atoms with E-state index in [4.69, 9.17) is 0 Å². The molecule has 0 N–H and O–H groups in total. The zero-order valence-electron chi connectivity index (χ0n) is 8.41. The van der Waals surface area contributed by atoms with Gasteiger partial charge in [-0.05, 0) is 30.7 Å². The van der Waals surface area contributed by atoms with E-state index in [0.29, 0.717) is 11.4 Å². The van der Waals surface area contributed by atoms with Crippen molar-refractivity contribution in [3.8, 4) is 0 Å². The van der Waals surface area contributed by atoms with Gasteiger partial charge in [0.1, 0.15) is 5.82 Å². The van der Waals surface area contributed by atoms with Gasteiger partial charge in [-0.3, -0.25) is 0 Å². The molecule has 0 amide bonds. The lowest BCUT2D eigenvalue weighted by Crippen LogP contribution is -2.05. The largest absolute Gasteiger partial charge is 0.416 e. The van der Waals surface area contributed by atoms with Gasteiger partial charge in [-0.2, -0.15) is 13.2 Å². The van der Waals surface area contributed by atoms with Gasteiger partial charge >= 0.3 is 6.18 Å². The number of hydrogen-bond acceptors (Lipinski definition) is 0. The second-order valence-corrected chi connectivity index (χ2v) is 3.96. The van der Waals surface area contributed by atoms with Gasteiger partial charge in [0.05, 0.1) is 5.56 Å². The molecule has 0 bridgehead atoms. The Balaban J connectivity index is 3.19. The Labute approximate surface area is 99.1 Å². The van der Waals surface area contributed by atoms with Crippen molar-refractivity contribution in [2.45, 2.75) is 13.1 Å².